The minimum absolute atomic E-state index is 0.105. The molecule has 0 spiro atoms. The van der Waals surface area contributed by atoms with Gasteiger partial charge in [0.05, 0.1) is 25.7 Å². The fourth-order valence-electron chi connectivity index (χ4n) is 3.03. The summed E-state index contributed by atoms with van der Waals surface area (Å²) in [6.07, 6.45) is 7.49. The van der Waals surface area contributed by atoms with Gasteiger partial charge in [-0.25, -0.2) is 0 Å². The van der Waals surface area contributed by atoms with Crippen LogP contribution in [0.3, 0.4) is 0 Å². The summed E-state index contributed by atoms with van der Waals surface area (Å²) in [5.74, 6) is -0.705. The zero-order valence-electron chi connectivity index (χ0n) is 17.5. The van der Waals surface area contributed by atoms with Crippen LogP contribution in [0.2, 0.25) is 0 Å². The minimum Gasteiger partial charge on any atom is -0.469 e. The summed E-state index contributed by atoms with van der Waals surface area (Å²) in [7, 11) is 1.36. The smallest absolute Gasteiger partial charge is 0.308 e. The number of aliphatic hydroxyl groups is 2. The largest absolute Gasteiger partial charge is 0.469 e. The number of hydrogen-bond donors (Lipinski definition) is 2. The molecule has 6 heteroatoms. The number of hydrogen-bond acceptors (Lipinski definition) is 6. The maximum atomic E-state index is 12.1. The van der Waals surface area contributed by atoms with Gasteiger partial charge in [0.15, 0.2) is 0 Å². The highest BCUT2D eigenvalue weighted by atomic mass is 16.5. The molecule has 0 saturated carbocycles. The Kier molecular flexibility index (Phi) is 16.3. The van der Waals surface area contributed by atoms with Gasteiger partial charge in [-0.1, -0.05) is 46.0 Å². The molecule has 160 valence electrons. The lowest BCUT2D eigenvalue weighted by molar-refractivity contribution is -0.152. The van der Waals surface area contributed by atoms with Gasteiger partial charge in [-0.15, -0.1) is 0 Å². The summed E-state index contributed by atoms with van der Waals surface area (Å²) in [6, 6.07) is 0. The van der Waals surface area contributed by atoms with Gasteiger partial charge in [0, 0.05) is 6.42 Å². The van der Waals surface area contributed by atoms with E-state index in [-0.39, 0.29) is 24.9 Å². The van der Waals surface area contributed by atoms with Crippen molar-refractivity contribution < 1.29 is 29.3 Å². The van der Waals surface area contributed by atoms with E-state index >= 15 is 0 Å². The maximum absolute atomic E-state index is 12.1. The Labute approximate surface area is 164 Å². The molecule has 0 heterocycles. The van der Waals surface area contributed by atoms with Gasteiger partial charge in [-0.3, -0.25) is 9.59 Å². The van der Waals surface area contributed by atoms with E-state index in [4.69, 9.17) is 4.74 Å². The highest BCUT2D eigenvalue weighted by Crippen LogP contribution is 2.16. The molecule has 27 heavy (non-hydrogen) atoms. The SMILES string of the molecule is CCCCC[C@@H](O)C[C@@H](O)CC(=O)O[C@H](CCCCC)CCCC(=O)OC. The summed E-state index contributed by atoms with van der Waals surface area (Å²) in [5.41, 5.74) is 0. The molecular weight excluding hydrogens is 348 g/mol. The molecular formula is C21H40O6. The number of ether oxygens (including phenoxy) is 2. The minimum atomic E-state index is -0.888. The molecule has 0 amide bonds. The highest BCUT2D eigenvalue weighted by Gasteiger charge is 2.20. The number of rotatable bonds is 17. The lowest BCUT2D eigenvalue weighted by atomic mass is 10.0. The third-order valence-electron chi connectivity index (χ3n) is 4.65. The zero-order chi connectivity index (χ0) is 20.5. The Balaban J connectivity index is 4.27. The molecule has 0 unspecified atom stereocenters. The van der Waals surface area contributed by atoms with E-state index in [1.807, 2.05) is 0 Å². The Morgan fingerprint density at radius 2 is 1.41 bits per heavy atom. The third kappa shape index (κ3) is 15.6. The van der Waals surface area contributed by atoms with Crippen molar-refractivity contribution in [3.8, 4) is 0 Å². The number of esters is 2. The fourth-order valence-corrected chi connectivity index (χ4v) is 3.03. The second kappa shape index (κ2) is 17.0. The van der Waals surface area contributed by atoms with Crippen LogP contribution in [0.1, 0.15) is 97.3 Å². The van der Waals surface area contributed by atoms with Crippen molar-refractivity contribution in [2.75, 3.05) is 7.11 Å². The van der Waals surface area contributed by atoms with E-state index in [0.717, 1.165) is 44.9 Å². The molecule has 0 saturated heterocycles. The third-order valence-corrected chi connectivity index (χ3v) is 4.65. The van der Waals surface area contributed by atoms with Crippen molar-refractivity contribution in [2.45, 2.75) is 116 Å². The Morgan fingerprint density at radius 1 is 0.815 bits per heavy atom. The summed E-state index contributed by atoms with van der Waals surface area (Å²) in [5, 5.41) is 20.0. The van der Waals surface area contributed by atoms with Crippen LogP contribution < -0.4 is 0 Å². The zero-order valence-corrected chi connectivity index (χ0v) is 17.5. The summed E-state index contributed by atoms with van der Waals surface area (Å²) < 4.78 is 10.2. The van der Waals surface area contributed by atoms with E-state index < -0.39 is 18.2 Å². The van der Waals surface area contributed by atoms with Crippen molar-refractivity contribution in [1.82, 2.24) is 0 Å². The Bertz CT molecular complexity index is 385. The second-order valence-electron chi connectivity index (χ2n) is 7.32. The van der Waals surface area contributed by atoms with Crippen molar-refractivity contribution in [3.05, 3.63) is 0 Å². The predicted octanol–water partition coefficient (Wildman–Crippen LogP) is 3.90. The van der Waals surface area contributed by atoms with Gasteiger partial charge >= 0.3 is 11.9 Å². The van der Waals surface area contributed by atoms with E-state index in [1.165, 1.54) is 7.11 Å². The van der Waals surface area contributed by atoms with Gasteiger partial charge in [0.1, 0.15) is 6.10 Å². The molecule has 0 aromatic carbocycles. The normalized spacial score (nSPS) is 14.4. The highest BCUT2D eigenvalue weighted by molar-refractivity contribution is 5.70. The van der Waals surface area contributed by atoms with Crippen molar-refractivity contribution in [3.63, 3.8) is 0 Å². The summed E-state index contributed by atoms with van der Waals surface area (Å²) in [4.78, 5) is 23.4. The molecule has 0 rings (SSSR count). The van der Waals surface area contributed by atoms with Crippen molar-refractivity contribution in [2.24, 2.45) is 0 Å². The molecule has 0 aromatic rings. The lowest BCUT2D eigenvalue weighted by Crippen LogP contribution is -2.25. The lowest BCUT2D eigenvalue weighted by Gasteiger charge is -2.20. The van der Waals surface area contributed by atoms with E-state index in [0.29, 0.717) is 25.7 Å². The molecule has 0 aliphatic rings. The molecule has 0 fully saturated rings. The number of unbranched alkanes of at least 4 members (excludes halogenated alkanes) is 4. The predicted molar refractivity (Wildman–Crippen MR) is 105 cm³/mol. The first-order chi connectivity index (χ1) is 12.9. The van der Waals surface area contributed by atoms with Crippen LogP contribution in [-0.4, -0.2) is 47.6 Å². The first-order valence-corrected chi connectivity index (χ1v) is 10.5. The molecule has 0 bridgehead atoms. The number of aliphatic hydroxyl groups excluding tert-OH is 2. The standard InChI is InChI=1S/C21H40O6/c1-4-6-8-11-17(22)15-18(23)16-21(25)27-19(12-9-7-5-2)13-10-14-20(24)26-3/h17-19,22-23H,4-16H2,1-3H3/t17-,18-,19-/m1/s1. The summed E-state index contributed by atoms with van der Waals surface area (Å²) in [6.45, 7) is 4.21. The van der Waals surface area contributed by atoms with Crippen LogP contribution in [0.25, 0.3) is 0 Å². The van der Waals surface area contributed by atoms with E-state index in [2.05, 4.69) is 18.6 Å². The fraction of sp³-hybridized carbons (Fsp3) is 0.905. The van der Waals surface area contributed by atoms with Crippen LogP contribution in [0, 0.1) is 0 Å². The first kappa shape index (κ1) is 25.9. The number of carbonyl (C=O) groups is 2. The van der Waals surface area contributed by atoms with Crippen LogP contribution >= 0.6 is 0 Å². The molecule has 2 N–H and O–H groups in total. The molecule has 3 atom stereocenters. The van der Waals surface area contributed by atoms with Crippen LogP contribution in [-0.2, 0) is 19.1 Å². The van der Waals surface area contributed by atoms with Gasteiger partial charge in [0.2, 0.25) is 0 Å². The quantitative estimate of drug-likeness (QED) is 0.290. The molecule has 0 aliphatic heterocycles. The molecule has 6 nitrogen and oxygen atoms in total. The van der Waals surface area contributed by atoms with Gasteiger partial charge in [-0.05, 0) is 38.5 Å². The Hall–Kier alpha value is -1.14. The van der Waals surface area contributed by atoms with Crippen molar-refractivity contribution in [1.29, 1.82) is 0 Å². The molecule has 0 radical (unpaired) electrons. The van der Waals surface area contributed by atoms with Crippen LogP contribution in [0.5, 0.6) is 0 Å². The van der Waals surface area contributed by atoms with Crippen LogP contribution in [0.4, 0.5) is 0 Å². The van der Waals surface area contributed by atoms with Crippen molar-refractivity contribution >= 4 is 11.9 Å². The number of methoxy groups -OCH3 is 1. The van der Waals surface area contributed by atoms with Gasteiger partial charge < -0.3 is 19.7 Å². The molecule has 0 aliphatic carbocycles. The van der Waals surface area contributed by atoms with Crippen LogP contribution in [0.15, 0.2) is 0 Å². The van der Waals surface area contributed by atoms with E-state index in [1.54, 1.807) is 0 Å². The first-order valence-electron chi connectivity index (χ1n) is 10.5. The van der Waals surface area contributed by atoms with Gasteiger partial charge in [-0.2, -0.15) is 0 Å². The average molecular weight is 389 g/mol. The monoisotopic (exact) mass is 388 g/mol. The number of carbonyl (C=O) groups excluding carboxylic acids is 2. The molecule has 0 aromatic heterocycles. The second-order valence-corrected chi connectivity index (χ2v) is 7.32. The average Bonchev–Trinajstić information content (AvgIpc) is 2.61. The summed E-state index contributed by atoms with van der Waals surface area (Å²) >= 11 is 0. The Morgan fingerprint density at radius 3 is 2.00 bits per heavy atom. The maximum Gasteiger partial charge on any atom is 0.308 e. The topological polar surface area (TPSA) is 93.1 Å². The van der Waals surface area contributed by atoms with E-state index in [9.17, 15) is 19.8 Å². The van der Waals surface area contributed by atoms with Gasteiger partial charge in [0.25, 0.3) is 0 Å².